The molecule has 2 N–H and O–H groups in total. The second kappa shape index (κ2) is 3.32. The summed E-state index contributed by atoms with van der Waals surface area (Å²) in [5.74, 6) is 0. The van der Waals surface area contributed by atoms with E-state index in [1.165, 1.54) is 0 Å². The summed E-state index contributed by atoms with van der Waals surface area (Å²) >= 11 is 8.90. The Balaban J connectivity index is 3.04. The molecule has 0 fully saturated rings. The van der Waals surface area contributed by atoms with Crippen LogP contribution in [0, 0.1) is 0 Å². The summed E-state index contributed by atoms with van der Waals surface area (Å²) in [6.07, 6.45) is 1.69. The van der Waals surface area contributed by atoms with Gasteiger partial charge >= 0.3 is 0 Å². The fourth-order valence-electron chi connectivity index (χ4n) is 0.572. The Hall–Kier alpha value is -0.120. The quantitative estimate of drug-likeness (QED) is 0.736. The Labute approximate surface area is 72.5 Å². The Bertz CT molecular complexity index is 239. The molecule has 0 spiro atoms. The van der Waals surface area contributed by atoms with Crippen LogP contribution in [0.4, 0.5) is 0 Å². The standard InChI is InChI=1S/C6H6BrClN2/c7-6-5(8)1-4(2-9)3-10-6/h1,3H,2,9H2. The predicted molar refractivity (Wildman–Crippen MR) is 44.8 cm³/mol. The molecular weight excluding hydrogens is 215 g/mol. The van der Waals surface area contributed by atoms with Gasteiger partial charge in [-0.05, 0) is 27.6 Å². The number of hydrogen-bond acceptors (Lipinski definition) is 2. The van der Waals surface area contributed by atoms with Crippen molar-refractivity contribution in [3.05, 3.63) is 27.5 Å². The van der Waals surface area contributed by atoms with Gasteiger partial charge in [-0.25, -0.2) is 4.98 Å². The lowest BCUT2D eigenvalue weighted by Crippen LogP contribution is -1.96. The van der Waals surface area contributed by atoms with E-state index in [9.17, 15) is 0 Å². The summed E-state index contributed by atoms with van der Waals surface area (Å²) in [4.78, 5) is 3.95. The minimum absolute atomic E-state index is 0.472. The molecule has 0 amide bonds. The first-order chi connectivity index (χ1) is 4.74. The van der Waals surface area contributed by atoms with E-state index in [1.807, 2.05) is 0 Å². The highest BCUT2D eigenvalue weighted by atomic mass is 79.9. The van der Waals surface area contributed by atoms with E-state index in [0.29, 0.717) is 16.2 Å². The lowest BCUT2D eigenvalue weighted by molar-refractivity contribution is 1.04. The van der Waals surface area contributed by atoms with Crippen molar-refractivity contribution in [2.24, 2.45) is 5.73 Å². The van der Waals surface area contributed by atoms with Gasteiger partial charge in [0.05, 0.1) is 5.02 Å². The zero-order valence-electron chi connectivity index (χ0n) is 5.14. The number of halogens is 2. The molecule has 1 aromatic rings. The fourth-order valence-corrected chi connectivity index (χ4v) is 0.978. The summed E-state index contributed by atoms with van der Waals surface area (Å²) < 4.78 is 0.659. The molecule has 1 heterocycles. The van der Waals surface area contributed by atoms with Crippen molar-refractivity contribution in [2.75, 3.05) is 0 Å². The molecule has 10 heavy (non-hydrogen) atoms. The minimum atomic E-state index is 0.472. The highest BCUT2D eigenvalue weighted by Gasteiger charge is 1.97. The van der Waals surface area contributed by atoms with Gasteiger partial charge in [-0.2, -0.15) is 0 Å². The van der Waals surface area contributed by atoms with Crippen LogP contribution in [0.1, 0.15) is 5.56 Å². The van der Waals surface area contributed by atoms with Crippen LogP contribution < -0.4 is 5.73 Å². The maximum absolute atomic E-state index is 5.73. The SMILES string of the molecule is NCc1cnc(Br)c(Cl)c1. The molecular formula is C6H6BrClN2. The summed E-state index contributed by atoms with van der Waals surface area (Å²) in [5.41, 5.74) is 6.29. The van der Waals surface area contributed by atoms with Crippen LogP contribution in [-0.4, -0.2) is 4.98 Å². The van der Waals surface area contributed by atoms with Crippen molar-refractivity contribution < 1.29 is 0 Å². The molecule has 54 valence electrons. The molecule has 0 saturated heterocycles. The number of nitrogens with two attached hydrogens (primary N) is 1. The Morgan fingerprint density at radius 2 is 2.40 bits per heavy atom. The minimum Gasteiger partial charge on any atom is -0.326 e. The van der Waals surface area contributed by atoms with Crippen molar-refractivity contribution >= 4 is 27.5 Å². The second-order valence-electron chi connectivity index (χ2n) is 1.82. The van der Waals surface area contributed by atoms with Gasteiger partial charge in [-0.15, -0.1) is 0 Å². The summed E-state index contributed by atoms with van der Waals surface area (Å²) in [7, 11) is 0. The molecule has 2 nitrogen and oxygen atoms in total. The van der Waals surface area contributed by atoms with Crippen LogP contribution >= 0.6 is 27.5 Å². The molecule has 4 heteroatoms. The van der Waals surface area contributed by atoms with Crippen molar-refractivity contribution in [3.63, 3.8) is 0 Å². The van der Waals surface area contributed by atoms with Gasteiger partial charge in [-0.1, -0.05) is 11.6 Å². The number of hydrogen-bond donors (Lipinski definition) is 1. The molecule has 1 aromatic heterocycles. The van der Waals surface area contributed by atoms with E-state index in [-0.39, 0.29) is 0 Å². The van der Waals surface area contributed by atoms with Crippen LogP contribution in [0.5, 0.6) is 0 Å². The third kappa shape index (κ3) is 1.68. The third-order valence-corrected chi connectivity index (χ3v) is 2.24. The molecule has 1 rings (SSSR count). The van der Waals surface area contributed by atoms with Crippen molar-refractivity contribution in [3.8, 4) is 0 Å². The fraction of sp³-hybridized carbons (Fsp3) is 0.167. The zero-order valence-corrected chi connectivity index (χ0v) is 7.48. The molecule has 0 saturated carbocycles. The van der Waals surface area contributed by atoms with Crippen LogP contribution in [-0.2, 0) is 6.54 Å². The molecule has 0 atom stereocenters. The van der Waals surface area contributed by atoms with Crippen molar-refractivity contribution in [1.29, 1.82) is 0 Å². The topological polar surface area (TPSA) is 38.9 Å². The van der Waals surface area contributed by atoms with E-state index >= 15 is 0 Å². The average molecular weight is 221 g/mol. The normalized spacial score (nSPS) is 9.90. The number of pyridine rings is 1. The number of nitrogens with zero attached hydrogens (tertiary/aromatic N) is 1. The maximum Gasteiger partial charge on any atom is 0.124 e. The van der Waals surface area contributed by atoms with Gasteiger partial charge in [0.25, 0.3) is 0 Å². The van der Waals surface area contributed by atoms with Gasteiger partial charge in [0, 0.05) is 12.7 Å². The molecule has 0 aromatic carbocycles. The molecule has 0 radical (unpaired) electrons. The summed E-state index contributed by atoms with van der Waals surface area (Å²) in [6, 6.07) is 1.79. The zero-order chi connectivity index (χ0) is 7.56. The van der Waals surface area contributed by atoms with E-state index < -0.39 is 0 Å². The van der Waals surface area contributed by atoms with Gasteiger partial charge in [0.1, 0.15) is 4.60 Å². The largest absolute Gasteiger partial charge is 0.326 e. The van der Waals surface area contributed by atoms with Crippen LogP contribution in [0.3, 0.4) is 0 Å². The van der Waals surface area contributed by atoms with Gasteiger partial charge in [0.2, 0.25) is 0 Å². The van der Waals surface area contributed by atoms with E-state index in [4.69, 9.17) is 17.3 Å². The first kappa shape index (κ1) is 7.98. The van der Waals surface area contributed by atoms with Crippen LogP contribution in [0.25, 0.3) is 0 Å². The Morgan fingerprint density at radius 3 is 2.90 bits per heavy atom. The lowest BCUT2D eigenvalue weighted by atomic mass is 10.3. The van der Waals surface area contributed by atoms with Gasteiger partial charge in [-0.3, -0.25) is 0 Å². The summed E-state index contributed by atoms with van der Waals surface area (Å²) in [5, 5.41) is 0.600. The smallest absolute Gasteiger partial charge is 0.124 e. The highest BCUT2D eigenvalue weighted by molar-refractivity contribution is 9.10. The average Bonchev–Trinajstić information content (AvgIpc) is 1.95. The second-order valence-corrected chi connectivity index (χ2v) is 2.98. The Kier molecular flexibility index (Phi) is 2.65. The Morgan fingerprint density at radius 1 is 1.70 bits per heavy atom. The predicted octanol–water partition coefficient (Wildman–Crippen LogP) is 1.96. The van der Waals surface area contributed by atoms with Crippen molar-refractivity contribution in [2.45, 2.75) is 6.54 Å². The first-order valence-electron chi connectivity index (χ1n) is 2.74. The van der Waals surface area contributed by atoms with E-state index in [2.05, 4.69) is 20.9 Å². The maximum atomic E-state index is 5.73. The number of rotatable bonds is 1. The van der Waals surface area contributed by atoms with Gasteiger partial charge < -0.3 is 5.73 Å². The lowest BCUT2D eigenvalue weighted by Gasteiger charge is -1.97. The highest BCUT2D eigenvalue weighted by Crippen LogP contribution is 2.19. The third-order valence-electron chi connectivity index (χ3n) is 1.09. The van der Waals surface area contributed by atoms with Crippen molar-refractivity contribution in [1.82, 2.24) is 4.98 Å². The van der Waals surface area contributed by atoms with E-state index in [0.717, 1.165) is 5.56 Å². The van der Waals surface area contributed by atoms with Crippen LogP contribution in [0.2, 0.25) is 5.02 Å². The van der Waals surface area contributed by atoms with Gasteiger partial charge in [0.15, 0.2) is 0 Å². The molecule has 0 aliphatic rings. The number of aromatic nitrogens is 1. The first-order valence-corrected chi connectivity index (χ1v) is 3.91. The van der Waals surface area contributed by atoms with E-state index in [1.54, 1.807) is 12.3 Å². The van der Waals surface area contributed by atoms with Crippen LogP contribution in [0.15, 0.2) is 16.9 Å². The molecule has 0 bridgehead atoms. The molecule has 0 unspecified atom stereocenters. The summed E-state index contributed by atoms with van der Waals surface area (Å²) in [6.45, 7) is 0.472. The molecule has 0 aliphatic heterocycles. The molecule has 0 aliphatic carbocycles. The monoisotopic (exact) mass is 220 g/mol.